The van der Waals surface area contributed by atoms with E-state index in [1.165, 1.54) is 13.0 Å². The summed E-state index contributed by atoms with van der Waals surface area (Å²) >= 11 is 0. The average molecular weight is 255 g/mol. The van der Waals surface area contributed by atoms with Gasteiger partial charge in [0.05, 0.1) is 12.2 Å². The van der Waals surface area contributed by atoms with E-state index in [0.29, 0.717) is 12.5 Å². The molecule has 0 aromatic rings. The minimum absolute atomic E-state index is 0.0725. The van der Waals surface area contributed by atoms with Crippen molar-refractivity contribution in [1.82, 2.24) is 5.32 Å². The summed E-state index contributed by atoms with van der Waals surface area (Å²) in [5, 5.41) is 21.1. The van der Waals surface area contributed by atoms with Gasteiger partial charge in [0.2, 0.25) is 5.91 Å². The van der Waals surface area contributed by atoms with Crippen LogP contribution in [0.4, 0.5) is 0 Å². The van der Waals surface area contributed by atoms with Crippen molar-refractivity contribution in [3.63, 3.8) is 0 Å². The van der Waals surface area contributed by atoms with E-state index in [-0.39, 0.29) is 5.91 Å². The maximum atomic E-state index is 11.3. The Hall–Kier alpha value is -1.13. The Balaban J connectivity index is 3.68. The third-order valence-electron chi connectivity index (χ3n) is 2.28. The van der Waals surface area contributed by atoms with Gasteiger partial charge in [0.1, 0.15) is 0 Å². The third-order valence-corrected chi connectivity index (χ3v) is 2.28. The zero-order valence-corrected chi connectivity index (χ0v) is 11.5. The van der Waals surface area contributed by atoms with E-state index < -0.39 is 12.2 Å². The molecule has 0 spiro atoms. The molecule has 4 heteroatoms. The SMILES string of the molecule is CC(C)CNC(=O)C=CCCC=C[C@@H](O)[C@@H](C)O. The van der Waals surface area contributed by atoms with E-state index >= 15 is 0 Å². The van der Waals surface area contributed by atoms with Crippen LogP contribution in [-0.4, -0.2) is 34.9 Å². The van der Waals surface area contributed by atoms with Gasteiger partial charge in [-0.2, -0.15) is 0 Å². The molecule has 0 saturated carbocycles. The van der Waals surface area contributed by atoms with Gasteiger partial charge < -0.3 is 15.5 Å². The van der Waals surface area contributed by atoms with Crippen LogP contribution in [0.3, 0.4) is 0 Å². The van der Waals surface area contributed by atoms with Gasteiger partial charge in [0, 0.05) is 6.54 Å². The van der Waals surface area contributed by atoms with Gasteiger partial charge in [-0.15, -0.1) is 0 Å². The fourth-order valence-corrected chi connectivity index (χ4v) is 1.14. The van der Waals surface area contributed by atoms with Crippen LogP contribution in [0.1, 0.15) is 33.6 Å². The Morgan fingerprint density at radius 2 is 1.78 bits per heavy atom. The second-order valence-corrected chi connectivity index (χ2v) is 4.78. The molecular formula is C14H25NO3. The zero-order valence-electron chi connectivity index (χ0n) is 11.5. The second kappa shape index (κ2) is 9.85. The molecule has 4 nitrogen and oxygen atoms in total. The Kier molecular flexibility index (Phi) is 9.24. The lowest BCUT2D eigenvalue weighted by Crippen LogP contribution is -2.25. The molecule has 0 unspecified atom stereocenters. The maximum absolute atomic E-state index is 11.3. The van der Waals surface area contributed by atoms with Crippen molar-refractivity contribution in [3.8, 4) is 0 Å². The van der Waals surface area contributed by atoms with Crippen LogP contribution in [0, 0.1) is 5.92 Å². The molecular weight excluding hydrogens is 230 g/mol. The molecule has 0 saturated heterocycles. The van der Waals surface area contributed by atoms with E-state index in [9.17, 15) is 9.90 Å². The topological polar surface area (TPSA) is 69.6 Å². The second-order valence-electron chi connectivity index (χ2n) is 4.78. The minimum atomic E-state index is -0.816. The largest absolute Gasteiger partial charge is 0.390 e. The highest BCUT2D eigenvalue weighted by molar-refractivity contribution is 5.87. The van der Waals surface area contributed by atoms with Gasteiger partial charge >= 0.3 is 0 Å². The van der Waals surface area contributed by atoms with Gasteiger partial charge in [-0.05, 0) is 31.8 Å². The monoisotopic (exact) mass is 255 g/mol. The van der Waals surface area contributed by atoms with E-state index in [1.54, 1.807) is 18.2 Å². The fraction of sp³-hybridized carbons (Fsp3) is 0.643. The van der Waals surface area contributed by atoms with Crippen molar-refractivity contribution in [2.24, 2.45) is 5.92 Å². The summed E-state index contributed by atoms with van der Waals surface area (Å²) in [4.78, 5) is 11.3. The van der Waals surface area contributed by atoms with Gasteiger partial charge in [-0.1, -0.05) is 32.1 Å². The molecule has 3 N–H and O–H groups in total. The molecule has 0 bridgehead atoms. The molecule has 0 radical (unpaired) electrons. The van der Waals surface area contributed by atoms with Gasteiger partial charge in [-0.3, -0.25) is 4.79 Å². The molecule has 1 amide bonds. The summed E-state index contributed by atoms with van der Waals surface area (Å²) in [5.41, 5.74) is 0. The standard InChI is InChI=1S/C14H25NO3/c1-11(2)10-15-14(18)9-7-5-4-6-8-13(17)12(3)16/h6-9,11-13,16-17H,4-5,10H2,1-3H3,(H,15,18)/t12-,13-/m1/s1. The van der Waals surface area contributed by atoms with E-state index in [0.717, 1.165) is 12.8 Å². The number of aliphatic hydroxyl groups is 2. The van der Waals surface area contributed by atoms with Crippen LogP contribution < -0.4 is 5.32 Å². The van der Waals surface area contributed by atoms with Crippen LogP contribution in [0.25, 0.3) is 0 Å². The lowest BCUT2D eigenvalue weighted by atomic mass is 10.2. The molecule has 0 aliphatic carbocycles. The minimum Gasteiger partial charge on any atom is -0.390 e. The molecule has 0 rings (SSSR count). The fourth-order valence-electron chi connectivity index (χ4n) is 1.14. The number of rotatable bonds is 8. The summed E-state index contributed by atoms with van der Waals surface area (Å²) < 4.78 is 0. The van der Waals surface area contributed by atoms with Crippen molar-refractivity contribution in [3.05, 3.63) is 24.3 Å². The van der Waals surface area contributed by atoms with Gasteiger partial charge in [0.15, 0.2) is 0 Å². The summed E-state index contributed by atoms with van der Waals surface area (Å²) in [6.07, 6.45) is 6.60. The first-order chi connectivity index (χ1) is 8.43. The van der Waals surface area contributed by atoms with Crippen molar-refractivity contribution in [2.45, 2.75) is 45.8 Å². The first-order valence-corrected chi connectivity index (χ1v) is 6.40. The lowest BCUT2D eigenvalue weighted by molar-refractivity contribution is -0.116. The normalized spacial score (nSPS) is 15.4. The van der Waals surface area contributed by atoms with Crippen molar-refractivity contribution in [2.75, 3.05) is 6.54 Å². The number of hydrogen-bond acceptors (Lipinski definition) is 3. The van der Waals surface area contributed by atoms with Crippen LogP contribution >= 0.6 is 0 Å². The number of allylic oxidation sites excluding steroid dienone is 2. The third kappa shape index (κ3) is 10.1. The maximum Gasteiger partial charge on any atom is 0.243 e. The van der Waals surface area contributed by atoms with Crippen molar-refractivity contribution >= 4 is 5.91 Å². The number of nitrogens with one attached hydrogen (secondary N) is 1. The number of carbonyl (C=O) groups excluding carboxylic acids is 1. The summed E-state index contributed by atoms with van der Waals surface area (Å²) in [7, 11) is 0. The van der Waals surface area contributed by atoms with Gasteiger partial charge in [0.25, 0.3) is 0 Å². The molecule has 18 heavy (non-hydrogen) atoms. The number of amides is 1. The van der Waals surface area contributed by atoms with Crippen LogP contribution in [0.2, 0.25) is 0 Å². The predicted octanol–water partition coefficient (Wildman–Crippen LogP) is 1.39. The molecule has 104 valence electrons. The first-order valence-electron chi connectivity index (χ1n) is 6.40. The van der Waals surface area contributed by atoms with Crippen LogP contribution in [0.5, 0.6) is 0 Å². The molecule has 0 aromatic carbocycles. The van der Waals surface area contributed by atoms with E-state index in [4.69, 9.17) is 5.11 Å². The summed E-state index contributed by atoms with van der Waals surface area (Å²) in [6, 6.07) is 0. The number of aliphatic hydroxyl groups excluding tert-OH is 2. The molecule has 0 heterocycles. The molecule has 0 aromatic heterocycles. The predicted molar refractivity (Wildman–Crippen MR) is 73.0 cm³/mol. The molecule has 0 fully saturated rings. The molecule has 2 atom stereocenters. The summed E-state index contributed by atoms with van der Waals surface area (Å²) in [5.74, 6) is 0.379. The van der Waals surface area contributed by atoms with Gasteiger partial charge in [-0.25, -0.2) is 0 Å². The van der Waals surface area contributed by atoms with E-state index in [1.807, 2.05) is 13.8 Å². The number of hydrogen-bond donors (Lipinski definition) is 3. The Bertz CT molecular complexity index is 283. The van der Waals surface area contributed by atoms with Crippen molar-refractivity contribution in [1.29, 1.82) is 0 Å². The molecule has 0 aliphatic heterocycles. The zero-order chi connectivity index (χ0) is 14.0. The van der Waals surface area contributed by atoms with Crippen molar-refractivity contribution < 1.29 is 15.0 Å². The van der Waals surface area contributed by atoms with Crippen LogP contribution in [0.15, 0.2) is 24.3 Å². The quantitative estimate of drug-likeness (QED) is 0.349. The Morgan fingerprint density at radius 3 is 2.33 bits per heavy atom. The smallest absolute Gasteiger partial charge is 0.243 e. The highest BCUT2D eigenvalue weighted by atomic mass is 16.3. The highest BCUT2D eigenvalue weighted by Gasteiger charge is 2.04. The average Bonchev–Trinajstić information content (AvgIpc) is 2.30. The Labute approximate surface area is 109 Å². The number of unbranched alkanes of at least 4 members (excludes halogenated alkanes) is 1. The lowest BCUT2D eigenvalue weighted by Gasteiger charge is -2.07. The first kappa shape index (κ1) is 16.9. The highest BCUT2D eigenvalue weighted by Crippen LogP contribution is 1.98. The molecule has 0 aliphatic rings. The number of carbonyl (C=O) groups is 1. The van der Waals surface area contributed by atoms with E-state index in [2.05, 4.69) is 5.32 Å². The van der Waals surface area contributed by atoms with Crippen LogP contribution in [-0.2, 0) is 4.79 Å². The summed E-state index contributed by atoms with van der Waals surface area (Å²) in [6.45, 7) is 6.31. The Morgan fingerprint density at radius 1 is 1.17 bits per heavy atom.